The van der Waals surface area contributed by atoms with Crippen LogP contribution in [0.3, 0.4) is 0 Å². The molecule has 31 heavy (non-hydrogen) atoms. The zero-order valence-corrected chi connectivity index (χ0v) is 18.6. The molecule has 1 aromatic heterocycles. The Balaban J connectivity index is 1.36. The summed E-state index contributed by atoms with van der Waals surface area (Å²) in [6, 6.07) is 6.95. The smallest absolute Gasteiger partial charge is 0.259 e. The van der Waals surface area contributed by atoms with Crippen LogP contribution in [-0.4, -0.2) is 64.3 Å². The fraction of sp³-hybridized carbons (Fsp3) is 0.478. The molecule has 7 nitrogen and oxygen atoms in total. The summed E-state index contributed by atoms with van der Waals surface area (Å²) in [6.07, 6.45) is 6.06. The van der Waals surface area contributed by atoms with Crippen LogP contribution in [0.25, 0.3) is 0 Å². The minimum atomic E-state index is -0.254. The highest BCUT2D eigenvalue weighted by Crippen LogP contribution is 2.26. The predicted octanol–water partition coefficient (Wildman–Crippen LogP) is 3.49. The molecule has 8 heteroatoms. The van der Waals surface area contributed by atoms with Gasteiger partial charge in [-0.2, -0.15) is 0 Å². The van der Waals surface area contributed by atoms with Crippen LogP contribution in [0.2, 0.25) is 5.02 Å². The largest absolute Gasteiger partial charge is 0.341 e. The SMILES string of the molecule is Cc1nc(C2CCN(C(=O)CN3CCCCC3)C2)ncc1C(=O)Nc1ccc(Cl)cc1. The van der Waals surface area contributed by atoms with E-state index in [-0.39, 0.29) is 17.7 Å². The molecule has 0 saturated carbocycles. The van der Waals surface area contributed by atoms with E-state index in [1.54, 1.807) is 30.5 Å². The minimum absolute atomic E-state index is 0.109. The summed E-state index contributed by atoms with van der Waals surface area (Å²) in [4.78, 5) is 38.5. The van der Waals surface area contributed by atoms with Crippen LogP contribution in [0.1, 0.15) is 53.5 Å². The number of nitrogens with one attached hydrogen (secondary N) is 1. The molecule has 2 aliphatic heterocycles. The summed E-state index contributed by atoms with van der Waals surface area (Å²) in [5.74, 6) is 0.752. The molecule has 1 aromatic carbocycles. The summed E-state index contributed by atoms with van der Waals surface area (Å²) >= 11 is 5.89. The summed E-state index contributed by atoms with van der Waals surface area (Å²) in [5.41, 5.74) is 1.74. The summed E-state index contributed by atoms with van der Waals surface area (Å²) in [5, 5.41) is 3.45. The number of piperidine rings is 1. The average molecular weight is 442 g/mol. The second-order valence-electron chi connectivity index (χ2n) is 8.35. The highest BCUT2D eigenvalue weighted by atomic mass is 35.5. The van der Waals surface area contributed by atoms with Crippen molar-refractivity contribution in [3.05, 3.63) is 52.6 Å². The molecule has 1 atom stereocenters. The number of anilines is 1. The van der Waals surface area contributed by atoms with Gasteiger partial charge in [0.15, 0.2) is 0 Å². The number of carbonyl (C=O) groups excluding carboxylic acids is 2. The molecule has 0 bridgehead atoms. The zero-order valence-electron chi connectivity index (χ0n) is 17.8. The van der Waals surface area contributed by atoms with E-state index in [1.165, 1.54) is 19.3 Å². The Kier molecular flexibility index (Phi) is 6.83. The van der Waals surface area contributed by atoms with Crippen molar-refractivity contribution in [2.24, 2.45) is 0 Å². The lowest BCUT2D eigenvalue weighted by atomic mass is 10.1. The number of carbonyl (C=O) groups is 2. The molecule has 2 amide bonds. The summed E-state index contributed by atoms with van der Waals surface area (Å²) in [6.45, 7) is 5.74. The van der Waals surface area contributed by atoms with E-state index in [4.69, 9.17) is 11.6 Å². The van der Waals surface area contributed by atoms with E-state index in [1.807, 2.05) is 11.8 Å². The number of amides is 2. The Bertz CT molecular complexity index is 943. The molecule has 2 fully saturated rings. The second-order valence-corrected chi connectivity index (χ2v) is 8.79. The highest BCUT2D eigenvalue weighted by Gasteiger charge is 2.30. The topological polar surface area (TPSA) is 78.4 Å². The second kappa shape index (κ2) is 9.75. The van der Waals surface area contributed by atoms with Gasteiger partial charge in [0.05, 0.1) is 17.8 Å². The Morgan fingerprint density at radius 2 is 1.87 bits per heavy atom. The van der Waals surface area contributed by atoms with Crippen molar-refractivity contribution in [2.45, 2.75) is 38.5 Å². The Morgan fingerprint density at radius 1 is 1.13 bits per heavy atom. The van der Waals surface area contributed by atoms with Gasteiger partial charge in [0.1, 0.15) is 5.82 Å². The number of aryl methyl sites for hydroxylation is 1. The van der Waals surface area contributed by atoms with Gasteiger partial charge < -0.3 is 10.2 Å². The van der Waals surface area contributed by atoms with Crippen molar-refractivity contribution < 1.29 is 9.59 Å². The number of aromatic nitrogens is 2. The Labute approximate surface area is 187 Å². The molecule has 2 aliphatic rings. The van der Waals surface area contributed by atoms with Gasteiger partial charge in [-0.1, -0.05) is 18.0 Å². The normalized spacial score (nSPS) is 19.4. The van der Waals surface area contributed by atoms with Gasteiger partial charge in [0, 0.05) is 35.9 Å². The van der Waals surface area contributed by atoms with Gasteiger partial charge in [0.25, 0.3) is 5.91 Å². The quantitative estimate of drug-likeness (QED) is 0.768. The van der Waals surface area contributed by atoms with Crippen LogP contribution >= 0.6 is 11.6 Å². The third-order valence-corrected chi connectivity index (χ3v) is 6.31. The first kappa shape index (κ1) is 21.7. The lowest BCUT2D eigenvalue weighted by molar-refractivity contribution is -0.131. The fourth-order valence-corrected chi connectivity index (χ4v) is 4.37. The molecule has 0 radical (unpaired) electrons. The minimum Gasteiger partial charge on any atom is -0.341 e. The monoisotopic (exact) mass is 441 g/mol. The van der Waals surface area contributed by atoms with Gasteiger partial charge in [0.2, 0.25) is 5.91 Å². The van der Waals surface area contributed by atoms with Crippen molar-refractivity contribution in [2.75, 3.05) is 38.0 Å². The fourth-order valence-electron chi connectivity index (χ4n) is 4.24. The van der Waals surface area contributed by atoms with Gasteiger partial charge in [-0.15, -0.1) is 0 Å². The highest BCUT2D eigenvalue weighted by molar-refractivity contribution is 6.30. The van der Waals surface area contributed by atoms with Crippen LogP contribution in [0, 0.1) is 6.92 Å². The van der Waals surface area contributed by atoms with Crippen molar-refractivity contribution in [3.63, 3.8) is 0 Å². The van der Waals surface area contributed by atoms with E-state index in [9.17, 15) is 9.59 Å². The molecule has 3 heterocycles. The van der Waals surface area contributed by atoms with Gasteiger partial charge in [-0.05, 0) is 63.5 Å². The lowest BCUT2D eigenvalue weighted by Gasteiger charge is -2.27. The predicted molar refractivity (Wildman–Crippen MR) is 120 cm³/mol. The number of likely N-dealkylation sites (tertiary alicyclic amines) is 2. The van der Waals surface area contributed by atoms with E-state index in [0.717, 1.165) is 26.1 Å². The van der Waals surface area contributed by atoms with Crippen molar-refractivity contribution in [1.82, 2.24) is 19.8 Å². The van der Waals surface area contributed by atoms with Crippen LogP contribution in [0.5, 0.6) is 0 Å². The maximum Gasteiger partial charge on any atom is 0.259 e. The van der Waals surface area contributed by atoms with E-state index < -0.39 is 0 Å². The molecule has 2 aromatic rings. The van der Waals surface area contributed by atoms with Crippen LogP contribution in [0.4, 0.5) is 5.69 Å². The van der Waals surface area contributed by atoms with Crippen molar-refractivity contribution in [3.8, 4) is 0 Å². The van der Waals surface area contributed by atoms with Crippen molar-refractivity contribution >= 4 is 29.1 Å². The molecule has 164 valence electrons. The Morgan fingerprint density at radius 3 is 2.58 bits per heavy atom. The van der Waals surface area contributed by atoms with Gasteiger partial charge in [-0.3, -0.25) is 14.5 Å². The molecule has 0 aliphatic carbocycles. The number of nitrogens with zero attached hydrogens (tertiary/aromatic N) is 4. The van der Waals surface area contributed by atoms with Crippen molar-refractivity contribution in [1.29, 1.82) is 0 Å². The van der Waals surface area contributed by atoms with Gasteiger partial charge in [-0.25, -0.2) is 9.97 Å². The first-order valence-electron chi connectivity index (χ1n) is 10.9. The van der Waals surface area contributed by atoms with Crippen LogP contribution in [-0.2, 0) is 4.79 Å². The number of halogens is 1. The zero-order chi connectivity index (χ0) is 21.8. The third kappa shape index (κ3) is 5.40. The average Bonchev–Trinajstić information content (AvgIpc) is 3.26. The lowest BCUT2D eigenvalue weighted by Crippen LogP contribution is -2.41. The molecule has 1 N–H and O–H groups in total. The Hall–Kier alpha value is -2.51. The molecule has 1 unspecified atom stereocenters. The maximum absolute atomic E-state index is 12.7. The first-order chi connectivity index (χ1) is 15.0. The standard InChI is InChI=1S/C23H28ClN5O2/c1-16-20(23(31)27-19-7-5-18(24)6-8-19)13-25-22(26-16)17-9-12-29(14-17)21(30)15-28-10-3-2-4-11-28/h5-8,13,17H,2-4,9-12,14-15H2,1H3,(H,27,31). The molecule has 2 saturated heterocycles. The number of hydrogen-bond acceptors (Lipinski definition) is 5. The number of benzene rings is 1. The molecule has 4 rings (SSSR count). The van der Waals surface area contributed by atoms with E-state index >= 15 is 0 Å². The van der Waals surface area contributed by atoms with Crippen LogP contribution in [0.15, 0.2) is 30.5 Å². The van der Waals surface area contributed by atoms with E-state index in [2.05, 4.69) is 20.2 Å². The molecular formula is C23H28ClN5O2. The maximum atomic E-state index is 12.7. The summed E-state index contributed by atoms with van der Waals surface area (Å²) < 4.78 is 0. The number of rotatable bonds is 5. The van der Waals surface area contributed by atoms with E-state index in [0.29, 0.717) is 40.9 Å². The first-order valence-corrected chi connectivity index (χ1v) is 11.3. The van der Waals surface area contributed by atoms with Gasteiger partial charge >= 0.3 is 0 Å². The molecular weight excluding hydrogens is 414 g/mol. The number of hydrogen-bond donors (Lipinski definition) is 1. The summed E-state index contributed by atoms with van der Waals surface area (Å²) in [7, 11) is 0. The third-order valence-electron chi connectivity index (χ3n) is 6.06. The molecule has 0 spiro atoms. The van der Waals surface area contributed by atoms with Crippen LogP contribution < -0.4 is 5.32 Å².